The third kappa shape index (κ3) is 5.21. The SMILES string of the molecule is CCN[C@H](C)CNC(=O)c1cc(Br)c(OCC)c(OC)c1. The summed E-state index contributed by atoms with van der Waals surface area (Å²) in [6.07, 6.45) is 0. The third-order valence-electron chi connectivity index (χ3n) is 2.90. The molecule has 118 valence electrons. The lowest BCUT2D eigenvalue weighted by molar-refractivity contribution is 0.0949. The van der Waals surface area contributed by atoms with Gasteiger partial charge in [0.15, 0.2) is 11.5 Å². The topological polar surface area (TPSA) is 59.6 Å². The van der Waals surface area contributed by atoms with Gasteiger partial charge in [0.1, 0.15) is 0 Å². The van der Waals surface area contributed by atoms with E-state index in [1.54, 1.807) is 19.2 Å². The first-order valence-corrected chi connectivity index (χ1v) is 7.84. The van der Waals surface area contributed by atoms with Crippen LogP contribution in [0.1, 0.15) is 31.1 Å². The number of nitrogens with one attached hydrogen (secondary N) is 2. The van der Waals surface area contributed by atoms with Gasteiger partial charge in [0, 0.05) is 18.2 Å². The summed E-state index contributed by atoms with van der Waals surface area (Å²) in [4.78, 5) is 12.2. The number of rotatable bonds is 8. The quantitative estimate of drug-likeness (QED) is 0.749. The molecule has 0 aromatic heterocycles. The zero-order valence-electron chi connectivity index (χ0n) is 13.0. The van der Waals surface area contributed by atoms with E-state index < -0.39 is 0 Å². The molecule has 0 saturated heterocycles. The highest BCUT2D eigenvalue weighted by atomic mass is 79.9. The van der Waals surface area contributed by atoms with Crippen LogP contribution in [0.25, 0.3) is 0 Å². The largest absolute Gasteiger partial charge is 0.493 e. The van der Waals surface area contributed by atoms with Gasteiger partial charge in [-0.05, 0) is 48.5 Å². The molecule has 0 saturated carbocycles. The molecule has 0 aliphatic rings. The summed E-state index contributed by atoms with van der Waals surface area (Å²) < 4.78 is 11.5. The molecule has 0 unspecified atom stereocenters. The Morgan fingerprint density at radius 2 is 2.10 bits per heavy atom. The monoisotopic (exact) mass is 358 g/mol. The van der Waals surface area contributed by atoms with Gasteiger partial charge >= 0.3 is 0 Å². The molecular weight excluding hydrogens is 336 g/mol. The van der Waals surface area contributed by atoms with Crippen LogP contribution in [0.5, 0.6) is 11.5 Å². The molecule has 5 nitrogen and oxygen atoms in total. The number of carbonyl (C=O) groups excluding carboxylic acids is 1. The van der Waals surface area contributed by atoms with Gasteiger partial charge in [-0.1, -0.05) is 6.92 Å². The number of carbonyl (C=O) groups is 1. The number of halogens is 1. The number of methoxy groups -OCH3 is 1. The predicted octanol–water partition coefficient (Wildman–Crippen LogP) is 2.58. The smallest absolute Gasteiger partial charge is 0.251 e. The summed E-state index contributed by atoms with van der Waals surface area (Å²) in [5, 5.41) is 6.14. The third-order valence-corrected chi connectivity index (χ3v) is 3.49. The molecule has 1 amide bonds. The average molecular weight is 359 g/mol. The van der Waals surface area contributed by atoms with Gasteiger partial charge in [-0.3, -0.25) is 4.79 Å². The van der Waals surface area contributed by atoms with Crippen molar-refractivity contribution >= 4 is 21.8 Å². The van der Waals surface area contributed by atoms with Crippen molar-refractivity contribution in [3.63, 3.8) is 0 Å². The molecule has 0 fully saturated rings. The van der Waals surface area contributed by atoms with E-state index in [4.69, 9.17) is 9.47 Å². The predicted molar refractivity (Wildman–Crippen MR) is 87.3 cm³/mol. The van der Waals surface area contributed by atoms with Crippen molar-refractivity contribution in [2.24, 2.45) is 0 Å². The summed E-state index contributed by atoms with van der Waals surface area (Å²) in [6.45, 7) is 7.93. The van der Waals surface area contributed by atoms with E-state index in [1.165, 1.54) is 0 Å². The normalized spacial score (nSPS) is 11.9. The molecule has 0 heterocycles. The Kier molecular flexibility index (Phi) is 7.53. The second-order valence-corrected chi connectivity index (χ2v) is 5.45. The van der Waals surface area contributed by atoms with Gasteiger partial charge in [0.2, 0.25) is 0 Å². The highest BCUT2D eigenvalue weighted by Crippen LogP contribution is 2.36. The Hall–Kier alpha value is -1.27. The second-order valence-electron chi connectivity index (χ2n) is 4.59. The minimum atomic E-state index is -0.137. The van der Waals surface area contributed by atoms with Crippen molar-refractivity contribution in [1.29, 1.82) is 0 Å². The zero-order chi connectivity index (χ0) is 15.8. The maximum absolute atomic E-state index is 12.2. The molecule has 2 N–H and O–H groups in total. The molecular formula is C15H23BrN2O3. The zero-order valence-corrected chi connectivity index (χ0v) is 14.5. The first-order valence-electron chi connectivity index (χ1n) is 7.05. The highest BCUT2D eigenvalue weighted by molar-refractivity contribution is 9.10. The second kappa shape index (κ2) is 8.89. The summed E-state index contributed by atoms with van der Waals surface area (Å²) in [7, 11) is 1.55. The Morgan fingerprint density at radius 3 is 2.67 bits per heavy atom. The van der Waals surface area contributed by atoms with Crippen molar-refractivity contribution in [2.75, 3.05) is 26.8 Å². The van der Waals surface area contributed by atoms with Gasteiger partial charge in [-0.2, -0.15) is 0 Å². The van der Waals surface area contributed by atoms with Crippen molar-refractivity contribution in [2.45, 2.75) is 26.8 Å². The summed E-state index contributed by atoms with van der Waals surface area (Å²) in [5.41, 5.74) is 0.533. The lowest BCUT2D eigenvalue weighted by Crippen LogP contribution is -2.38. The Labute approximate surface area is 134 Å². The van der Waals surface area contributed by atoms with E-state index in [-0.39, 0.29) is 11.9 Å². The van der Waals surface area contributed by atoms with Crippen molar-refractivity contribution in [1.82, 2.24) is 10.6 Å². The van der Waals surface area contributed by atoms with Crippen LogP contribution in [0.15, 0.2) is 16.6 Å². The molecule has 0 spiro atoms. The van der Waals surface area contributed by atoms with Gasteiger partial charge in [0.25, 0.3) is 5.91 Å². The molecule has 1 aromatic rings. The maximum atomic E-state index is 12.2. The van der Waals surface area contributed by atoms with E-state index in [0.29, 0.717) is 34.7 Å². The minimum absolute atomic E-state index is 0.137. The molecule has 21 heavy (non-hydrogen) atoms. The molecule has 0 bridgehead atoms. The lowest BCUT2D eigenvalue weighted by atomic mass is 10.2. The minimum Gasteiger partial charge on any atom is -0.493 e. The highest BCUT2D eigenvalue weighted by Gasteiger charge is 2.15. The van der Waals surface area contributed by atoms with Crippen molar-refractivity contribution in [3.05, 3.63) is 22.2 Å². The number of likely N-dealkylation sites (N-methyl/N-ethyl adjacent to an activating group) is 1. The number of hydrogen-bond donors (Lipinski definition) is 2. The molecule has 0 aliphatic carbocycles. The van der Waals surface area contributed by atoms with Crippen LogP contribution < -0.4 is 20.1 Å². The summed E-state index contributed by atoms with van der Waals surface area (Å²) >= 11 is 3.42. The van der Waals surface area contributed by atoms with E-state index in [2.05, 4.69) is 26.6 Å². The van der Waals surface area contributed by atoms with Gasteiger partial charge in [-0.15, -0.1) is 0 Å². The molecule has 0 radical (unpaired) electrons. The van der Waals surface area contributed by atoms with Crippen LogP contribution in [0.4, 0.5) is 0 Å². The van der Waals surface area contributed by atoms with Crippen LogP contribution in [0, 0.1) is 0 Å². The fraction of sp³-hybridized carbons (Fsp3) is 0.533. The molecule has 1 rings (SSSR count). The molecule has 1 atom stereocenters. The van der Waals surface area contributed by atoms with Crippen LogP contribution in [-0.4, -0.2) is 38.8 Å². The van der Waals surface area contributed by atoms with Crippen molar-refractivity contribution < 1.29 is 14.3 Å². The van der Waals surface area contributed by atoms with Crippen LogP contribution >= 0.6 is 15.9 Å². The van der Waals surface area contributed by atoms with E-state index in [0.717, 1.165) is 6.54 Å². The molecule has 0 aliphatic heterocycles. The Balaban J connectivity index is 2.83. The average Bonchev–Trinajstić information content (AvgIpc) is 2.47. The number of hydrogen-bond acceptors (Lipinski definition) is 4. The fourth-order valence-electron chi connectivity index (χ4n) is 1.90. The van der Waals surface area contributed by atoms with Gasteiger partial charge < -0.3 is 20.1 Å². The van der Waals surface area contributed by atoms with E-state index in [9.17, 15) is 4.79 Å². The number of amides is 1. The van der Waals surface area contributed by atoms with Gasteiger partial charge in [-0.25, -0.2) is 0 Å². The Bertz CT molecular complexity index is 480. The lowest BCUT2D eigenvalue weighted by Gasteiger charge is -2.15. The van der Waals surface area contributed by atoms with E-state index in [1.807, 2.05) is 20.8 Å². The first kappa shape index (κ1) is 17.8. The Morgan fingerprint density at radius 1 is 1.38 bits per heavy atom. The molecule has 1 aromatic carbocycles. The summed E-state index contributed by atoms with van der Waals surface area (Å²) in [5.74, 6) is 1.01. The van der Waals surface area contributed by atoms with Gasteiger partial charge in [0.05, 0.1) is 18.2 Å². The molecule has 6 heteroatoms. The standard InChI is InChI=1S/C15H23BrN2O3/c1-5-17-10(3)9-18-15(19)11-7-12(16)14(21-6-2)13(8-11)20-4/h7-8,10,17H,5-6,9H2,1-4H3,(H,18,19)/t10-/m1/s1. The number of benzene rings is 1. The van der Waals surface area contributed by atoms with E-state index >= 15 is 0 Å². The van der Waals surface area contributed by atoms with Crippen molar-refractivity contribution in [3.8, 4) is 11.5 Å². The number of ether oxygens (including phenoxy) is 2. The van der Waals surface area contributed by atoms with Crippen LogP contribution in [0.2, 0.25) is 0 Å². The maximum Gasteiger partial charge on any atom is 0.251 e. The fourth-order valence-corrected chi connectivity index (χ4v) is 2.46. The summed E-state index contributed by atoms with van der Waals surface area (Å²) in [6, 6.07) is 3.65. The van der Waals surface area contributed by atoms with Crippen LogP contribution in [-0.2, 0) is 0 Å². The first-order chi connectivity index (χ1) is 10.0. The van der Waals surface area contributed by atoms with Crippen LogP contribution in [0.3, 0.4) is 0 Å².